The van der Waals surface area contributed by atoms with Gasteiger partial charge in [0.05, 0.1) is 61.4 Å². The van der Waals surface area contributed by atoms with Crippen LogP contribution in [0.3, 0.4) is 0 Å². The molecule has 1 aliphatic carbocycles. The Hall–Kier alpha value is -5.10. The van der Waals surface area contributed by atoms with Gasteiger partial charge < -0.3 is 9.47 Å². The molecule has 0 fully saturated rings. The number of nitro benzene ring substituents is 4. The Morgan fingerprint density at radius 3 is 1.40 bits per heavy atom. The summed E-state index contributed by atoms with van der Waals surface area (Å²) in [5.74, 6) is -1.66. The summed E-state index contributed by atoms with van der Waals surface area (Å²) >= 11 is 1.65. The van der Waals surface area contributed by atoms with Crippen LogP contribution in [-0.4, -0.2) is 45.9 Å². The molecule has 18 heteroatoms. The second kappa shape index (κ2) is 10.6. The lowest BCUT2D eigenvalue weighted by Gasteiger charge is -2.04. The van der Waals surface area contributed by atoms with Gasteiger partial charge >= 0.3 is 11.9 Å². The van der Waals surface area contributed by atoms with Gasteiger partial charge in [-0.1, -0.05) is 29.6 Å². The van der Waals surface area contributed by atoms with Crippen LogP contribution in [0, 0.1) is 40.5 Å². The highest BCUT2D eigenvalue weighted by molar-refractivity contribution is 8.29. The Labute approximate surface area is 229 Å². The average Bonchev–Trinajstić information content (AvgIpc) is 3.48. The Kier molecular flexibility index (Phi) is 7.38. The maximum atomic E-state index is 12.2. The lowest BCUT2D eigenvalue weighted by molar-refractivity contribution is -0.395. The number of hydrogen-bond acceptors (Lipinski definition) is 14. The summed E-state index contributed by atoms with van der Waals surface area (Å²) in [7, 11) is 2.20. The highest BCUT2D eigenvalue weighted by atomic mass is 32.2. The highest BCUT2D eigenvalue weighted by Crippen LogP contribution is 2.55. The number of nitro groups is 4. The van der Waals surface area contributed by atoms with E-state index in [2.05, 4.69) is 9.47 Å². The zero-order valence-electron chi connectivity index (χ0n) is 20.0. The van der Waals surface area contributed by atoms with Crippen LogP contribution in [0.1, 0.15) is 11.1 Å². The number of ether oxygens (including phenoxy) is 2. The van der Waals surface area contributed by atoms with Crippen molar-refractivity contribution >= 4 is 63.8 Å². The summed E-state index contributed by atoms with van der Waals surface area (Å²) in [5.41, 5.74) is -4.01. The molecule has 1 heterocycles. The molecule has 0 amide bonds. The van der Waals surface area contributed by atoms with Gasteiger partial charge in [-0.15, -0.1) is 0 Å². The van der Waals surface area contributed by atoms with Crippen molar-refractivity contribution in [1.29, 1.82) is 0 Å². The molecule has 0 N–H and O–H groups in total. The number of carbonyl (C=O) groups is 2. The third-order valence-electron chi connectivity index (χ3n) is 5.59. The third-order valence-corrected chi connectivity index (χ3v) is 8.04. The number of hydrogen-bond donors (Lipinski definition) is 0. The van der Waals surface area contributed by atoms with E-state index in [1.807, 2.05) is 0 Å². The zero-order valence-corrected chi connectivity index (χ0v) is 21.6. The fraction of sp³-hybridized carbons (Fsp3) is 0.0909. The summed E-state index contributed by atoms with van der Waals surface area (Å²) < 4.78 is 9.66. The van der Waals surface area contributed by atoms with Gasteiger partial charge in [0.15, 0.2) is 0 Å². The topological polar surface area (TPSA) is 225 Å². The number of methoxy groups -OCH3 is 2. The molecule has 2 aromatic rings. The van der Waals surface area contributed by atoms with Crippen LogP contribution < -0.4 is 0 Å². The number of thioether (sulfide) groups is 2. The first-order chi connectivity index (χ1) is 18.9. The minimum Gasteiger partial charge on any atom is -0.465 e. The van der Waals surface area contributed by atoms with E-state index >= 15 is 0 Å². The van der Waals surface area contributed by atoms with Crippen LogP contribution in [0.15, 0.2) is 50.5 Å². The second-order valence-corrected chi connectivity index (χ2v) is 10.1. The smallest absolute Gasteiger partial charge is 0.346 e. The minimum absolute atomic E-state index is 0.0385. The van der Waals surface area contributed by atoms with Gasteiger partial charge in [0, 0.05) is 23.3 Å². The predicted octanol–water partition coefficient (Wildman–Crippen LogP) is 4.61. The van der Waals surface area contributed by atoms with Crippen molar-refractivity contribution in [2.45, 2.75) is 0 Å². The minimum atomic E-state index is -0.944. The van der Waals surface area contributed by atoms with Crippen molar-refractivity contribution in [2.75, 3.05) is 14.2 Å². The molecule has 204 valence electrons. The van der Waals surface area contributed by atoms with E-state index in [0.717, 1.165) is 49.9 Å². The molecule has 0 atom stereocenters. The van der Waals surface area contributed by atoms with Crippen LogP contribution in [0.25, 0.3) is 16.7 Å². The molecule has 4 rings (SSSR count). The molecule has 2 aliphatic rings. The van der Waals surface area contributed by atoms with E-state index < -0.39 is 54.4 Å². The van der Waals surface area contributed by atoms with E-state index in [1.54, 1.807) is 0 Å². The summed E-state index contributed by atoms with van der Waals surface area (Å²) in [5, 5.41) is 46.9. The van der Waals surface area contributed by atoms with Gasteiger partial charge in [-0.2, -0.15) is 0 Å². The Morgan fingerprint density at radius 1 is 0.675 bits per heavy atom. The van der Waals surface area contributed by atoms with Crippen molar-refractivity contribution in [2.24, 2.45) is 0 Å². The first-order valence-corrected chi connectivity index (χ1v) is 12.2. The van der Waals surface area contributed by atoms with Crippen molar-refractivity contribution in [1.82, 2.24) is 0 Å². The maximum absolute atomic E-state index is 12.2. The van der Waals surface area contributed by atoms with Crippen molar-refractivity contribution in [3.05, 3.63) is 102 Å². The summed E-state index contributed by atoms with van der Waals surface area (Å²) in [6.07, 6.45) is 2.62. The molecule has 1 aliphatic heterocycles. The first-order valence-electron chi connectivity index (χ1n) is 10.5. The fourth-order valence-corrected chi connectivity index (χ4v) is 6.26. The average molecular weight is 588 g/mol. The molecule has 0 bridgehead atoms. The molecule has 2 aromatic carbocycles. The number of fused-ring (bicyclic) bond motifs is 3. The SMILES string of the molecule is COC(=O)C1=C(C(=O)OC)SC(=CC=C2c3cc([N+](=O)[O-])cc([N+](=O)[O-])c3-c3c2cc([N+](=O)[O-])cc3[N+](=O)[O-])S1. The maximum Gasteiger partial charge on any atom is 0.346 e. The van der Waals surface area contributed by atoms with E-state index in [0.29, 0.717) is 16.4 Å². The van der Waals surface area contributed by atoms with Gasteiger partial charge in [-0.3, -0.25) is 40.5 Å². The fourth-order valence-electron chi connectivity index (χ4n) is 3.99. The van der Waals surface area contributed by atoms with Crippen LogP contribution >= 0.6 is 23.5 Å². The Morgan fingerprint density at radius 2 is 1.07 bits per heavy atom. The number of non-ortho nitro benzene ring substituents is 2. The van der Waals surface area contributed by atoms with Gasteiger partial charge in [0.1, 0.15) is 9.81 Å². The number of carbonyl (C=O) groups excluding carboxylic acids is 2. The van der Waals surface area contributed by atoms with Crippen LogP contribution in [0.2, 0.25) is 0 Å². The largest absolute Gasteiger partial charge is 0.465 e. The van der Waals surface area contributed by atoms with Crippen LogP contribution in [-0.2, 0) is 19.1 Å². The molecule has 0 saturated heterocycles. The third kappa shape index (κ3) is 4.76. The molecular weight excluding hydrogens is 576 g/mol. The molecule has 0 saturated carbocycles. The predicted molar refractivity (Wildman–Crippen MR) is 140 cm³/mol. The number of allylic oxidation sites excluding steroid dienone is 2. The van der Waals surface area contributed by atoms with Gasteiger partial charge in [-0.05, 0) is 11.6 Å². The van der Waals surface area contributed by atoms with Crippen LogP contribution in [0.4, 0.5) is 22.7 Å². The number of benzene rings is 2. The number of nitrogens with zero attached hydrogens (tertiary/aromatic N) is 4. The monoisotopic (exact) mass is 588 g/mol. The van der Waals surface area contributed by atoms with E-state index in [1.165, 1.54) is 12.2 Å². The lowest BCUT2D eigenvalue weighted by Crippen LogP contribution is -2.08. The van der Waals surface area contributed by atoms with Gasteiger partial charge in [0.25, 0.3) is 22.7 Å². The van der Waals surface area contributed by atoms with E-state index in [-0.39, 0.29) is 37.6 Å². The molecule has 0 radical (unpaired) electrons. The normalized spacial score (nSPS) is 13.3. The van der Waals surface area contributed by atoms with Gasteiger partial charge in [-0.25, -0.2) is 9.59 Å². The molecule has 40 heavy (non-hydrogen) atoms. The summed E-state index contributed by atoms with van der Waals surface area (Å²) in [6.45, 7) is 0. The second-order valence-electron chi connectivity index (χ2n) is 7.71. The summed E-state index contributed by atoms with van der Waals surface area (Å²) in [6, 6.07) is 3.23. The molecular formula is C22H12N4O12S2. The van der Waals surface area contributed by atoms with Crippen LogP contribution in [0.5, 0.6) is 0 Å². The number of esters is 2. The first kappa shape index (κ1) is 27.9. The molecule has 0 unspecified atom stereocenters. The van der Waals surface area contributed by atoms with E-state index in [9.17, 15) is 50.0 Å². The number of rotatable bonds is 7. The summed E-state index contributed by atoms with van der Waals surface area (Å²) in [4.78, 5) is 67.4. The van der Waals surface area contributed by atoms with Crippen molar-refractivity contribution < 1.29 is 38.8 Å². The molecule has 0 aromatic heterocycles. The highest BCUT2D eigenvalue weighted by Gasteiger charge is 2.40. The molecule has 16 nitrogen and oxygen atoms in total. The Balaban J connectivity index is 2.01. The van der Waals surface area contributed by atoms with Crippen molar-refractivity contribution in [3.63, 3.8) is 0 Å². The van der Waals surface area contributed by atoms with Crippen molar-refractivity contribution in [3.8, 4) is 11.1 Å². The quantitative estimate of drug-likeness (QED) is 0.209. The Bertz CT molecular complexity index is 1560. The van der Waals surface area contributed by atoms with E-state index in [4.69, 9.17) is 0 Å². The zero-order chi connectivity index (χ0) is 29.5. The lowest BCUT2D eigenvalue weighted by atomic mass is 10.0. The molecule has 0 spiro atoms. The van der Waals surface area contributed by atoms with Gasteiger partial charge in [0.2, 0.25) is 0 Å². The standard InChI is InChI=1S/C22H12N4O12S2/c1-37-21(27)19-20(22(28)38-2)40-16(39-19)4-3-11-12-5-9(23(29)30)7-14(25(33)34)17(12)18-13(11)6-10(24(31)32)8-15(18)26(35)36/h3-8H,1-2H3.